The molecule has 3 heterocycles. The standard InChI is InChI=1S/C26H29N7O4/c1-34-22-8-7-18(15-23(22)35-2)9-12-37-26-30-24(29-25(31-26)33-10-13-36-14-11-33)32-28-17-19-16-27-21-6-4-3-5-20(19)21/h3-8,15-16,27H,9-14,17H2,1-2H3. The first-order valence-corrected chi connectivity index (χ1v) is 12.1. The number of para-hydroxylation sites is 1. The smallest absolute Gasteiger partial charge is 0.323 e. The molecule has 1 N–H and O–H groups in total. The number of rotatable bonds is 10. The van der Waals surface area contributed by atoms with Gasteiger partial charge in [-0.05, 0) is 23.8 Å². The molecule has 5 rings (SSSR count). The molecule has 11 nitrogen and oxygen atoms in total. The van der Waals surface area contributed by atoms with Gasteiger partial charge in [0.05, 0.1) is 40.6 Å². The largest absolute Gasteiger partial charge is 0.493 e. The van der Waals surface area contributed by atoms with Crippen LogP contribution < -0.4 is 19.1 Å². The van der Waals surface area contributed by atoms with Crippen molar-refractivity contribution in [2.45, 2.75) is 13.0 Å². The summed E-state index contributed by atoms with van der Waals surface area (Å²) in [6.45, 7) is 3.35. The van der Waals surface area contributed by atoms with Crippen LogP contribution >= 0.6 is 0 Å². The highest BCUT2D eigenvalue weighted by atomic mass is 16.5. The lowest BCUT2D eigenvalue weighted by Gasteiger charge is -2.26. The molecule has 37 heavy (non-hydrogen) atoms. The normalized spacial score (nSPS) is 13.8. The molecule has 0 spiro atoms. The van der Waals surface area contributed by atoms with E-state index in [1.54, 1.807) is 14.2 Å². The van der Waals surface area contributed by atoms with Crippen LogP contribution in [0, 0.1) is 0 Å². The second-order valence-corrected chi connectivity index (χ2v) is 8.36. The Bertz CT molecular complexity index is 1370. The van der Waals surface area contributed by atoms with E-state index in [0.29, 0.717) is 63.3 Å². The quantitative estimate of drug-likeness (QED) is 0.321. The summed E-state index contributed by atoms with van der Waals surface area (Å²) in [7, 11) is 3.23. The number of fused-ring (bicyclic) bond motifs is 1. The zero-order chi connectivity index (χ0) is 25.5. The number of methoxy groups -OCH3 is 2. The van der Waals surface area contributed by atoms with Gasteiger partial charge in [0.1, 0.15) is 0 Å². The topological polar surface area (TPSA) is 119 Å². The van der Waals surface area contributed by atoms with Crippen LogP contribution in [0.3, 0.4) is 0 Å². The second-order valence-electron chi connectivity index (χ2n) is 8.36. The Kier molecular flexibility index (Phi) is 7.70. The highest BCUT2D eigenvalue weighted by Gasteiger charge is 2.17. The van der Waals surface area contributed by atoms with Crippen LogP contribution in [0.2, 0.25) is 0 Å². The number of hydrogen-bond donors (Lipinski definition) is 1. The number of H-pyrrole nitrogens is 1. The van der Waals surface area contributed by atoms with Crippen molar-refractivity contribution in [3.63, 3.8) is 0 Å². The number of aromatic nitrogens is 4. The lowest BCUT2D eigenvalue weighted by Crippen LogP contribution is -2.37. The van der Waals surface area contributed by atoms with Gasteiger partial charge in [-0.2, -0.15) is 20.1 Å². The molecule has 0 aliphatic carbocycles. The van der Waals surface area contributed by atoms with Gasteiger partial charge in [0, 0.05) is 42.2 Å². The third kappa shape index (κ3) is 5.95. The van der Waals surface area contributed by atoms with Crippen molar-refractivity contribution in [3.8, 4) is 17.5 Å². The summed E-state index contributed by atoms with van der Waals surface area (Å²) >= 11 is 0. The van der Waals surface area contributed by atoms with Gasteiger partial charge in [-0.15, -0.1) is 5.11 Å². The molecule has 0 bridgehead atoms. The Labute approximate surface area is 214 Å². The maximum atomic E-state index is 5.92. The molecule has 1 fully saturated rings. The molecule has 0 atom stereocenters. The van der Waals surface area contributed by atoms with Gasteiger partial charge in [0.25, 0.3) is 5.95 Å². The number of anilines is 1. The Balaban J connectivity index is 1.30. The highest BCUT2D eigenvalue weighted by Crippen LogP contribution is 2.28. The minimum atomic E-state index is 0.206. The van der Waals surface area contributed by atoms with Crippen molar-refractivity contribution >= 4 is 22.8 Å². The molecular formula is C26H29N7O4. The maximum Gasteiger partial charge on any atom is 0.323 e. The molecule has 2 aromatic carbocycles. The molecule has 0 unspecified atom stereocenters. The fourth-order valence-electron chi connectivity index (χ4n) is 4.08. The zero-order valence-electron chi connectivity index (χ0n) is 20.9. The summed E-state index contributed by atoms with van der Waals surface area (Å²) in [4.78, 5) is 18.7. The fraction of sp³-hybridized carbons (Fsp3) is 0.346. The van der Waals surface area contributed by atoms with Gasteiger partial charge >= 0.3 is 6.01 Å². The molecule has 4 aromatic rings. The monoisotopic (exact) mass is 503 g/mol. The Morgan fingerprint density at radius 3 is 2.68 bits per heavy atom. The van der Waals surface area contributed by atoms with Gasteiger partial charge in [0.2, 0.25) is 5.95 Å². The lowest BCUT2D eigenvalue weighted by atomic mass is 10.1. The summed E-state index contributed by atoms with van der Waals surface area (Å²) in [6.07, 6.45) is 2.58. The van der Waals surface area contributed by atoms with Crippen LogP contribution in [0.4, 0.5) is 11.9 Å². The van der Waals surface area contributed by atoms with Gasteiger partial charge in [-0.25, -0.2) is 0 Å². The van der Waals surface area contributed by atoms with Gasteiger partial charge in [0.15, 0.2) is 11.5 Å². The number of nitrogens with zero attached hydrogens (tertiary/aromatic N) is 6. The predicted octanol–water partition coefficient (Wildman–Crippen LogP) is 4.11. The summed E-state index contributed by atoms with van der Waals surface area (Å²) in [5, 5.41) is 9.76. The summed E-state index contributed by atoms with van der Waals surface area (Å²) in [5.41, 5.74) is 3.15. The molecule has 1 saturated heterocycles. The van der Waals surface area contributed by atoms with Crippen molar-refractivity contribution < 1.29 is 18.9 Å². The van der Waals surface area contributed by atoms with Crippen LogP contribution in [-0.4, -0.2) is 67.1 Å². The van der Waals surface area contributed by atoms with Crippen molar-refractivity contribution in [1.29, 1.82) is 0 Å². The van der Waals surface area contributed by atoms with Crippen LogP contribution in [-0.2, 0) is 17.7 Å². The molecule has 0 radical (unpaired) electrons. The molecule has 2 aromatic heterocycles. The average Bonchev–Trinajstić information content (AvgIpc) is 3.36. The Morgan fingerprint density at radius 2 is 1.84 bits per heavy atom. The summed E-state index contributed by atoms with van der Waals surface area (Å²) in [6, 6.07) is 14.1. The number of benzene rings is 2. The average molecular weight is 504 g/mol. The maximum absolute atomic E-state index is 5.92. The molecule has 0 amide bonds. The number of hydrogen-bond acceptors (Lipinski definition) is 10. The van der Waals surface area contributed by atoms with Crippen molar-refractivity contribution in [3.05, 3.63) is 59.8 Å². The van der Waals surface area contributed by atoms with Crippen molar-refractivity contribution in [1.82, 2.24) is 19.9 Å². The SMILES string of the molecule is COc1ccc(CCOc2nc(N=NCc3c[nH]c4ccccc34)nc(N3CCOCC3)n2)cc1OC. The van der Waals surface area contributed by atoms with Crippen molar-refractivity contribution in [2.24, 2.45) is 10.2 Å². The minimum Gasteiger partial charge on any atom is -0.493 e. The number of azo groups is 1. The number of nitrogens with one attached hydrogen (secondary N) is 1. The van der Waals surface area contributed by atoms with Gasteiger partial charge < -0.3 is 28.8 Å². The lowest BCUT2D eigenvalue weighted by molar-refractivity contribution is 0.122. The number of aromatic amines is 1. The van der Waals surface area contributed by atoms with Crippen LogP contribution in [0.1, 0.15) is 11.1 Å². The number of ether oxygens (including phenoxy) is 4. The Hall–Kier alpha value is -4.25. The van der Waals surface area contributed by atoms with Crippen LogP contribution in [0.5, 0.6) is 17.5 Å². The highest BCUT2D eigenvalue weighted by molar-refractivity contribution is 5.82. The van der Waals surface area contributed by atoms with E-state index in [9.17, 15) is 0 Å². The first kappa shape index (κ1) is 24.4. The summed E-state index contributed by atoms with van der Waals surface area (Å²) < 4.78 is 22.1. The van der Waals surface area contributed by atoms with Gasteiger partial charge in [-0.3, -0.25) is 0 Å². The van der Waals surface area contributed by atoms with E-state index >= 15 is 0 Å². The van der Waals surface area contributed by atoms with Crippen LogP contribution in [0.25, 0.3) is 10.9 Å². The minimum absolute atomic E-state index is 0.206. The van der Waals surface area contributed by atoms with E-state index in [-0.39, 0.29) is 12.0 Å². The Morgan fingerprint density at radius 1 is 1.00 bits per heavy atom. The molecule has 192 valence electrons. The van der Waals surface area contributed by atoms with Crippen molar-refractivity contribution in [2.75, 3.05) is 52.0 Å². The van der Waals surface area contributed by atoms with Crippen LogP contribution in [0.15, 0.2) is 58.9 Å². The van der Waals surface area contributed by atoms with Gasteiger partial charge in [-0.1, -0.05) is 24.3 Å². The number of morpholine rings is 1. The third-order valence-corrected chi connectivity index (χ3v) is 6.03. The fourth-order valence-corrected chi connectivity index (χ4v) is 4.08. The summed E-state index contributed by atoms with van der Waals surface area (Å²) in [5.74, 6) is 2.06. The molecular weight excluding hydrogens is 474 g/mol. The predicted molar refractivity (Wildman–Crippen MR) is 138 cm³/mol. The van der Waals surface area contributed by atoms with E-state index in [4.69, 9.17) is 18.9 Å². The van der Waals surface area contributed by atoms with E-state index < -0.39 is 0 Å². The van der Waals surface area contributed by atoms with E-state index in [1.165, 1.54) is 0 Å². The second kappa shape index (κ2) is 11.7. The first-order chi connectivity index (χ1) is 18.2. The third-order valence-electron chi connectivity index (χ3n) is 6.03. The van der Waals surface area contributed by atoms with E-state index in [2.05, 4.69) is 36.2 Å². The molecule has 11 heteroatoms. The van der Waals surface area contributed by atoms with E-state index in [0.717, 1.165) is 22.0 Å². The molecule has 1 aliphatic heterocycles. The molecule has 1 aliphatic rings. The zero-order valence-corrected chi connectivity index (χ0v) is 20.9. The molecule has 0 saturated carbocycles. The first-order valence-electron chi connectivity index (χ1n) is 12.1. The van der Waals surface area contributed by atoms with E-state index in [1.807, 2.05) is 47.5 Å².